The van der Waals surface area contributed by atoms with Crippen LogP contribution in [0, 0.1) is 19.8 Å². The highest BCUT2D eigenvalue weighted by Crippen LogP contribution is 2.26. The zero-order valence-corrected chi connectivity index (χ0v) is 18.2. The van der Waals surface area contributed by atoms with Gasteiger partial charge in [0.05, 0.1) is 16.5 Å². The minimum atomic E-state index is -3.71. The van der Waals surface area contributed by atoms with Gasteiger partial charge in [-0.25, -0.2) is 13.1 Å². The maximum absolute atomic E-state index is 13.1. The summed E-state index contributed by atoms with van der Waals surface area (Å²) in [6.07, 6.45) is 2.72. The number of amides is 1. The molecule has 2 aromatic carbocycles. The van der Waals surface area contributed by atoms with Crippen LogP contribution in [0.3, 0.4) is 0 Å². The van der Waals surface area contributed by atoms with Crippen molar-refractivity contribution < 1.29 is 13.2 Å². The molecule has 0 unspecified atom stereocenters. The van der Waals surface area contributed by atoms with Crippen LogP contribution in [0.2, 0.25) is 0 Å². The fraction of sp³-hybridized carbons (Fsp3) is 0.333. The van der Waals surface area contributed by atoms with Crippen molar-refractivity contribution in [1.29, 1.82) is 0 Å². The number of benzene rings is 2. The number of nitrogens with one attached hydrogen (secondary N) is 1. The number of sulfonamides is 1. The molecule has 4 rings (SSSR count). The molecule has 1 aliphatic heterocycles. The third-order valence-corrected chi connectivity index (χ3v) is 7.21. The van der Waals surface area contributed by atoms with Crippen molar-refractivity contribution in [3.8, 4) is 5.69 Å². The number of tetrazole rings is 1. The van der Waals surface area contributed by atoms with Crippen molar-refractivity contribution in [3.05, 3.63) is 59.9 Å². The number of piperidine rings is 1. The average molecular weight is 441 g/mol. The summed E-state index contributed by atoms with van der Waals surface area (Å²) in [4.78, 5) is 13.0. The van der Waals surface area contributed by atoms with Crippen LogP contribution in [0.4, 0.5) is 5.69 Å². The third-order valence-electron chi connectivity index (χ3n) is 5.33. The Bertz CT molecular complexity index is 1160. The summed E-state index contributed by atoms with van der Waals surface area (Å²) in [5.74, 6) is -0.552. The number of anilines is 1. The molecule has 31 heavy (non-hydrogen) atoms. The van der Waals surface area contributed by atoms with Crippen molar-refractivity contribution in [2.45, 2.75) is 31.6 Å². The fourth-order valence-electron chi connectivity index (χ4n) is 3.87. The van der Waals surface area contributed by atoms with E-state index >= 15 is 0 Å². The second kappa shape index (κ2) is 8.56. The van der Waals surface area contributed by atoms with Crippen LogP contribution in [0.15, 0.2) is 53.7 Å². The molecule has 0 saturated carbocycles. The smallest absolute Gasteiger partial charge is 0.243 e. The lowest BCUT2D eigenvalue weighted by Gasteiger charge is -2.31. The van der Waals surface area contributed by atoms with Crippen molar-refractivity contribution >= 4 is 21.6 Å². The predicted octanol–water partition coefficient (Wildman–Crippen LogP) is 2.32. The number of aryl methyl sites for hydroxylation is 2. The summed E-state index contributed by atoms with van der Waals surface area (Å²) in [6, 6.07) is 12.2. The normalized spacial score (nSPS) is 17.4. The summed E-state index contributed by atoms with van der Waals surface area (Å²) in [5.41, 5.74) is 3.52. The molecule has 0 radical (unpaired) electrons. The molecule has 1 aromatic heterocycles. The Kier molecular flexibility index (Phi) is 5.84. The number of carbonyl (C=O) groups excluding carboxylic acids is 1. The third kappa shape index (κ3) is 4.64. The molecule has 0 spiro atoms. The maximum atomic E-state index is 13.1. The zero-order valence-electron chi connectivity index (χ0n) is 17.4. The lowest BCUT2D eigenvalue weighted by Crippen LogP contribution is -2.43. The van der Waals surface area contributed by atoms with E-state index in [4.69, 9.17) is 0 Å². The highest BCUT2D eigenvalue weighted by Gasteiger charge is 2.33. The van der Waals surface area contributed by atoms with Crippen molar-refractivity contribution in [3.63, 3.8) is 0 Å². The predicted molar refractivity (Wildman–Crippen MR) is 115 cm³/mol. The highest BCUT2D eigenvalue weighted by atomic mass is 32.2. The van der Waals surface area contributed by atoms with Crippen LogP contribution in [0.5, 0.6) is 0 Å². The maximum Gasteiger partial charge on any atom is 0.243 e. The minimum absolute atomic E-state index is 0.154. The molecule has 1 atom stereocenters. The van der Waals surface area contributed by atoms with E-state index in [1.54, 1.807) is 12.1 Å². The summed E-state index contributed by atoms with van der Waals surface area (Å²) in [6.45, 7) is 4.50. The number of nitrogens with zero attached hydrogens (tertiary/aromatic N) is 5. The van der Waals surface area contributed by atoms with Crippen molar-refractivity contribution in [2.24, 2.45) is 5.92 Å². The Hall–Kier alpha value is -3.11. The van der Waals surface area contributed by atoms with Crippen molar-refractivity contribution in [2.75, 3.05) is 18.4 Å². The summed E-state index contributed by atoms with van der Waals surface area (Å²) in [7, 11) is -3.71. The van der Waals surface area contributed by atoms with E-state index in [9.17, 15) is 13.2 Å². The largest absolute Gasteiger partial charge is 0.326 e. The Balaban J connectivity index is 1.47. The van der Waals surface area contributed by atoms with E-state index in [1.807, 2.05) is 32.0 Å². The number of hydrogen-bond acceptors (Lipinski definition) is 6. The van der Waals surface area contributed by atoms with Gasteiger partial charge in [0.2, 0.25) is 15.9 Å². The Morgan fingerprint density at radius 2 is 1.81 bits per heavy atom. The Morgan fingerprint density at radius 1 is 1.10 bits per heavy atom. The van der Waals surface area contributed by atoms with Crippen LogP contribution in [0.1, 0.15) is 24.0 Å². The molecule has 1 N–H and O–H groups in total. The average Bonchev–Trinajstić information content (AvgIpc) is 3.28. The SMILES string of the molecule is Cc1cc(C)cc(NC(=O)[C@@H]2CCCN(S(=O)(=O)c3ccc(-n4cnnn4)cc3)C2)c1. The first-order valence-corrected chi connectivity index (χ1v) is 11.5. The van der Waals surface area contributed by atoms with E-state index in [1.165, 1.54) is 27.4 Å². The second-order valence-corrected chi connectivity index (χ2v) is 9.75. The minimum Gasteiger partial charge on any atom is -0.326 e. The topological polar surface area (TPSA) is 110 Å². The number of carbonyl (C=O) groups is 1. The van der Waals surface area contributed by atoms with E-state index in [0.717, 1.165) is 16.8 Å². The molecule has 162 valence electrons. The van der Waals surface area contributed by atoms with E-state index in [2.05, 4.69) is 20.8 Å². The molecule has 9 nitrogen and oxygen atoms in total. The van der Waals surface area contributed by atoms with Gasteiger partial charge in [-0.05, 0) is 84.6 Å². The van der Waals surface area contributed by atoms with E-state index < -0.39 is 15.9 Å². The molecule has 1 aliphatic rings. The van der Waals surface area contributed by atoms with Gasteiger partial charge in [-0.15, -0.1) is 5.10 Å². The number of hydrogen-bond donors (Lipinski definition) is 1. The summed E-state index contributed by atoms with van der Waals surface area (Å²) < 4.78 is 29.1. The van der Waals surface area contributed by atoms with Gasteiger partial charge < -0.3 is 5.32 Å². The number of aromatic nitrogens is 4. The molecule has 1 fully saturated rings. The summed E-state index contributed by atoms with van der Waals surface area (Å²) >= 11 is 0. The van der Waals surface area contributed by atoms with Gasteiger partial charge in [-0.1, -0.05) is 6.07 Å². The van der Waals surface area contributed by atoms with Crippen LogP contribution >= 0.6 is 0 Å². The molecular formula is C21H24N6O3S. The van der Waals surface area contributed by atoms with Gasteiger partial charge in [0.15, 0.2) is 0 Å². The lowest BCUT2D eigenvalue weighted by atomic mass is 9.98. The first-order valence-electron chi connectivity index (χ1n) is 10.1. The van der Waals surface area contributed by atoms with Gasteiger partial charge >= 0.3 is 0 Å². The first kappa shape index (κ1) is 21.1. The molecule has 0 aliphatic carbocycles. The van der Waals surface area contributed by atoms with Gasteiger partial charge in [0.1, 0.15) is 6.33 Å². The first-order chi connectivity index (χ1) is 14.8. The summed E-state index contributed by atoms with van der Waals surface area (Å²) in [5, 5.41) is 13.9. The van der Waals surface area contributed by atoms with E-state index in [-0.39, 0.29) is 17.3 Å². The fourth-order valence-corrected chi connectivity index (χ4v) is 5.39. The van der Waals surface area contributed by atoms with Gasteiger partial charge in [0.25, 0.3) is 0 Å². The standard InChI is InChI=1S/C21H24N6O3S/c1-15-10-16(2)12-18(11-15)23-21(28)17-4-3-9-26(13-17)31(29,30)20-7-5-19(6-8-20)27-14-22-24-25-27/h5-8,10-12,14,17H,3-4,9,13H2,1-2H3,(H,23,28)/t17-/m1/s1. The zero-order chi connectivity index (χ0) is 22.0. The van der Waals surface area contributed by atoms with Crippen LogP contribution in [0.25, 0.3) is 5.69 Å². The Labute approximate surface area is 181 Å². The monoisotopic (exact) mass is 440 g/mol. The molecule has 1 saturated heterocycles. The molecule has 2 heterocycles. The Morgan fingerprint density at radius 3 is 2.45 bits per heavy atom. The van der Waals surface area contributed by atoms with Gasteiger partial charge in [-0.3, -0.25) is 4.79 Å². The van der Waals surface area contributed by atoms with E-state index in [0.29, 0.717) is 25.1 Å². The molecule has 10 heteroatoms. The van der Waals surface area contributed by atoms with Crippen molar-refractivity contribution in [1.82, 2.24) is 24.5 Å². The molecule has 3 aromatic rings. The van der Waals surface area contributed by atoms with Crippen LogP contribution in [-0.4, -0.2) is 51.9 Å². The quantitative estimate of drug-likeness (QED) is 0.652. The second-order valence-electron chi connectivity index (χ2n) is 7.82. The van der Waals surface area contributed by atoms with Crippen LogP contribution in [-0.2, 0) is 14.8 Å². The lowest BCUT2D eigenvalue weighted by molar-refractivity contribution is -0.120. The number of rotatable bonds is 5. The van der Waals surface area contributed by atoms with Crippen LogP contribution < -0.4 is 5.32 Å². The molecule has 1 amide bonds. The van der Waals surface area contributed by atoms with Gasteiger partial charge in [0, 0.05) is 18.8 Å². The van der Waals surface area contributed by atoms with Gasteiger partial charge in [-0.2, -0.15) is 4.31 Å². The highest BCUT2D eigenvalue weighted by molar-refractivity contribution is 7.89. The molecular weight excluding hydrogens is 416 g/mol. The molecule has 0 bridgehead atoms.